The lowest BCUT2D eigenvalue weighted by Crippen LogP contribution is -2.02. The van der Waals surface area contributed by atoms with Crippen LogP contribution in [0.3, 0.4) is 0 Å². The highest BCUT2D eigenvalue weighted by atomic mass is 35.5. The van der Waals surface area contributed by atoms with Gasteiger partial charge in [-0.05, 0) is 36.8 Å². The number of hydrogen-bond donors (Lipinski definition) is 0. The average molecular weight is 293 g/mol. The molecule has 0 aliphatic carbocycles. The molecule has 0 N–H and O–H groups in total. The van der Waals surface area contributed by atoms with Crippen LogP contribution in [0.25, 0.3) is 16.7 Å². The molecule has 0 spiro atoms. The van der Waals surface area contributed by atoms with Gasteiger partial charge < -0.3 is 0 Å². The molecule has 2 aromatic carbocycles. The highest BCUT2D eigenvalue weighted by Crippen LogP contribution is 2.25. The van der Waals surface area contributed by atoms with Gasteiger partial charge in [0.25, 0.3) is 0 Å². The molecule has 0 bridgehead atoms. The molecule has 2 nitrogen and oxygen atoms in total. The van der Waals surface area contributed by atoms with E-state index in [2.05, 4.69) is 4.98 Å². The molecule has 0 amide bonds. The predicted molar refractivity (Wildman–Crippen MR) is 75.3 cm³/mol. The van der Waals surface area contributed by atoms with Crippen LogP contribution in [-0.2, 0) is 5.88 Å². The first-order chi connectivity index (χ1) is 9.60. The highest BCUT2D eigenvalue weighted by molar-refractivity contribution is 6.17. The Hall–Kier alpha value is -1.94. The molecule has 5 heteroatoms. The summed E-state index contributed by atoms with van der Waals surface area (Å²) in [5, 5.41) is 0. The third-order valence-corrected chi connectivity index (χ3v) is 3.39. The molecule has 0 aliphatic rings. The predicted octanol–water partition coefficient (Wildman–Crippen LogP) is 4.35. The number of imidazole rings is 1. The van der Waals surface area contributed by atoms with Crippen molar-refractivity contribution in [2.24, 2.45) is 0 Å². The first-order valence-corrected chi connectivity index (χ1v) is 6.63. The minimum absolute atomic E-state index is 0.143. The topological polar surface area (TPSA) is 17.8 Å². The first-order valence-electron chi connectivity index (χ1n) is 6.09. The van der Waals surface area contributed by atoms with Crippen LogP contribution in [0.1, 0.15) is 11.4 Å². The number of rotatable bonds is 2. The van der Waals surface area contributed by atoms with Gasteiger partial charge in [0, 0.05) is 6.07 Å². The van der Waals surface area contributed by atoms with Crippen LogP contribution < -0.4 is 0 Å². The molecule has 102 valence electrons. The van der Waals surface area contributed by atoms with Crippen LogP contribution in [-0.4, -0.2) is 9.55 Å². The Kier molecular flexibility index (Phi) is 3.18. The summed E-state index contributed by atoms with van der Waals surface area (Å²) in [7, 11) is 0. The SMILES string of the molecule is Cc1ccc2nc(CCl)n(-c3ccc(F)cc3F)c2c1. The van der Waals surface area contributed by atoms with E-state index >= 15 is 0 Å². The Morgan fingerprint density at radius 2 is 1.95 bits per heavy atom. The molecule has 20 heavy (non-hydrogen) atoms. The Morgan fingerprint density at radius 1 is 1.15 bits per heavy atom. The molecule has 3 rings (SSSR count). The van der Waals surface area contributed by atoms with Gasteiger partial charge in [-0.3, -0.25) is 4.57 Å². The number of hydrogen-bond acceptors (Lipinski definition) is 1. The number of halogens is 3. The fraction of sp³-hybridized carbons (Fsp3) is 0.133. The summed E-state index contributed by atoms with van der Waals surface area (Å²) in [6.45, 7) is 1.94. The summed E-state index contributed by atoms with van der Waals surface area (Å²) < 4.78 is 28.7. The van der Waals surface area contributed by atoms with Gasteiger partial charge in [0.15, 0.2) is 0 Å². The van der Waals surface area contributed by atoms with Crippen LogP contribution >= 0.6 is 11.6 Å². The van der Waals surface area contributed by atoms with Crippen molar-refractivity contribution in [2.45, 2.75) is 12.8 Å². The lowest BCUT2D eigenvalue weighted by atomic mass is 10.2. The number of aromatic nitrogens is 2. The number of nitrogens with zero attached hydrogens (tertiary/aromatic N) is 2. The second-order valence-corrected chi connectivity index (χ2v) is 4.85. The van der Waals surface area contributed by atoms with Gasteiger partial charge in [-0.2, -0.15) is 0 Å². The number of alkyl halides is 1. The van der Waals surface area contributed by atoms with E-state index in [4.69, 9.17) is 11.6 Å². The maximum atomic E-state index is 14.0. The quantitative estimate of drug-likeness (QED) is 0.642. The van der Waals surface area contributed by atoms with Crippen LogP contribution in [0.2, 0.25) is 0 Å². The largest absolute Gasteiger partial charge is 0.292 e. The van der Waals surface area contributed by atoms with Gasteiger partial charge in [0.2, 0.25) is 0 Å². The zero-order valence-electron chi connectivity index (χ0n) is 10.7. The van der Waals surface area contributed by atoms with Crippen molar-refractivity contribution in [3.05, 3.63) is 59.4 Å². The maximum absolute atomic E-state index is 14.0. The zero-order valence-corrected chi connectivity index (χ0v) is 11.5. The van der Waals surface area contributed by atoms with Crippen molar-refractivity contribution in [3.8, 4) is 5.69 Å². The highest BCUT2D eigenvalue weighted by Gasteiger charge is 2.15. The molecular weight excluding hydrogens is 282 g/mol. The van der Waals surface area contributed by atoms with Crippen molar-refractivity contribution in [3.63, 3.8) is 0 Å². The molecule has 0 aliphatic heterocycles. The summed E-state index contributed by atoms with van der Waals surface area (Å²) in [5.74, 6) is -0.584. The molecule has 0 atom stereocenters. The van der Waals surface area contributed by atoms with Crippen LogP contribution in [0.4, 0.5) is 8.78 Å². The van der Waals surface area contributed by atoms with E-state index in [0.29, 0.717) is 5.82 Å². The third kappa shape index (κ3) is 2.06. The fourth-order valence-corrected chi connectivity index (χ4v) is 2.44. The van der Waals surface area contributed by atoms with Crippen molar-refractivity contribution < 1.29 is 8.78 Å². The van der Waals surface area contributed by atoms with Crippen molar-refractivity contribution in [1.29, 1.82) is 0 Å². The molecule has 0 saturated carbocycles. The van der Waals surface area contributed by atoms with E-state index < -0.39 is 11.6 Å². The van der Waals surface area contributed by atoms with Crippen molar-refractivity contribution in [2.75, 3.05) is 0 Å². The monoisotopic (exact) mass is 292 g/mol. The summed E-state index contributed by atoms with van der Waals surface area (Å²) in [6.07, 6.45) is 0. The van der Waals surface area contributed by atoms with Crippen LogP contribution in [0.5, 0.6) is 0 Å². The van der Waals surface area contributed by atoms with E-state index in [1.807, 2.05) is 25.1 Å². The van der Waals surface area contributed by atoms with Gasteiger partial charge in [-0.25, -0.2) is 13.8 Å². The minimum atomic E-state index is -0.642. The van der Waals surface area contributed by atoms with Crippen LogP contribution in [0, 0.1) is 18.6 Å². The lowest BCUT2D eigenvalue weighted by Gasteiger charge is -2.09. The molecule has 3 aromatic rings. The number of fused-ring (bicyclic) bond motifs is 1. The average Bonchev–Trinajstić information content (AvgIpc) is 2.76. The fourth-order valence-electron chi connectivity index (χ4n) is 2.26. The van der Waals surface area contributed by atoms with E-state index in [9.17, 15) is 8.78 Å². The number of aryl methyl sites for hydroxylation is 1. The zero-order chi connectivity index (χ0) is 14.3. The minimum Gasteiger partial charge on any atom is -0.292 e. The molecular formula is C15H11ClF2N2. The van der Waals surface area contributed by atoms with E-state index in [-0.39, 0.29) is 11.6 Å². The molecule has 0 radical (unpaired) electrons. The Balaban J connectivity index is 2.36. The third-order valence-electron chi connectivity index (χ3n) is 3.15. The smallest absolute Gasteiger partial charge is 0.150 e. The van der Waals surface area contributed by atoms with E-state index in [0.717, 1.165) is 22.7 Å². The molecule has 1 heterocycles. The summed E-state index contributed by atoms with van der Waals surface area (Å²) in [6, 6.07) is 9.16. The summed E-state index contributed by atoms with van der Waals surface area (Å²) in [5.41, 5.74) is 2.76. The van der Waals surface area contributed by atoms with Gasteiger partial charge >= 0.3 is 0 Å². The molecule has 0 saturated heterocycles. The van der Waals surface area contributed by atoms with Crippen LogP contribution in [0.15, 0.2) is 36.4 Å². The Morgan fingerprint density at radius 3 is 2.65 bits per heavy atom. The summed E-state index contributed by atoms with van der Waals surface area (Å²) in [4.78, 5) is 4.38. The van der Waals surface area contributed by atoms with E-state index in [1.54, 1.807) is 4.57 Å². The number of benzene rings is 2. The Bertz CT molecular complexity index is 796. The lowest BCUT2D eigenvalue weighted by molar-refractivity contribution is 0.577. The first kappa shape index (κ1) is 13.1. The maximum Gasteiger partial charge on any atom is 0.150 e. The molecule has 1 aromatic heterocycles. The van der Waals surface area contributed by atoms with Crippen molar-refractivity contribution in [1.82, 2.24) is 9.55 Å². The van der Waals surface area contributed by atoms with Crippen molar-refractivity contribution >= 4 is 22.6 Å². The molecule has 0 unspecified atom stereocenters. The Labute approximate surface area is 119 Å². The molecule has 0 fully saturated rings. The standard InChI is InChI=1S/C15H11ClF2N2/c1-9-2-4-12-14(6-9)20(15(8-16)19-12)13-5-3-10(17)7-11(13)18/h2-7H,8H2,1H3. The van der Waals surface area contributed by atoms with Gasteiger partial charge in [0.05, 0.1) is 22.6 Å². The normalized spacial score (nSPS) is 11.2. The van der Waals surface area contributed by atoms with Gasteiger partial charge in [0.1, 0.15) is 17.5 Å². The van der Waals surface area contributed by atoms with E-state index in [1.165, 1.54) is 12.1 Å². The second-order valence-electron chi connectivity index (χ2n) is 4.58. The summed E-state index contributed by atoms with van der Waals surface area (Å²) >= 11 is 5.90. The second kappa shape index (κ2) is 4.87. The van der Waals surface area contributed by atoms with Gasteiger partial charge in [-0.15, -0.1) is 11.6 Å². The van der Waals surface area contributed by atoms with Gasteiger partial charge in [-0.1, -0.05) is 6.07 Å².